The lowest BCUT2D eigenvalue weighted by Crippen LogP contribution is -2.36. The zero-order valence-electron chi connectivity index (χ0n) is 8.54. The molecule has 0 radical (unpaired) electrons. The van der Waals surface area contributed by atoms with Crippen LogP contribution in [0.5, 0.6) is 0 Å². The third-order valence-electron chi connectivity index (χ3n) is 3.00. The van der Waals surface area contributed by atoms with Crippen LogP contribution in [0.15, 0.2) is 10.5 Å². The number of hydrogen-bond acceptors (Lipinski definition) is 3. The molecule has 2 unspecified atom stereocenters. The van der Waals surface area contributed by atoms with Gasteiger partial charge in [0.15, 0.2) is 0 Å². The molecule has 0 saturated carbocycles. The van der Waals surface area contributed by atoms with Crippen molar-refractivity contribution in [1.29, 1.82) is 0 Å². The molecular weight excluding hydrogens is 296 g/mol. The first kappa shape index (κ1) is 11.9. The van der Waals surface area contributed by atoms with E-state index in [0.717, 1.165) is 28.3 Å². The molecule has 1 saturated heterocycles. The minimum atomic E-state index is 0.323. The summed E-state index contributed by atoms with van der Waals surface area (Å²) in [6, 6.07) is 2.90. The van der Waals surface area contributed by atoms with Crippen LogP contribution in [0.2, 0.25) is 4.34 Å². The van der Waals surface area contributed by atoms with Gasteiger partial charge in [-0.15, -0.1) is 11.3 Å². The van der Waals surface area contributed by atoms with Crippen molar-refractivity contribution in [3.05, 3.63) is 19.8 Å². The maximum Gasteiger partial charge on any atom is 0.107 e. The Morgan fingerprint density at radius 2 is 2.47 bits per heavy atom. The van der Waals surface area contributed by atoms with Gasteiger partial charge in [0.1, 0.15) is 4.34 Å². The highest BCUT2D eigenvalue weighted by Gasteiger charge is 2.27. The Bertz CT molecular complexity index is 336. The average molecular weight is 310 g/mol. The number of halogens is 2. The summed E-state index contributed by atoms with van der Waals surface area (Å²) < 4.78 is 1.83. The molecule has 2 rings (SSSR count). The number of likely N-dealkylation sites (tertiary alicyclic amines) is 1. The van der Waals surface area contributed by atoms with Crippen molar-refractivity contribution >= 4 is 38.9 Å². The number of thiophene rings is 1. The monoisotopic (exact) mass is 308 g/mol. The first-order valence-electron chi connectivity index (χ1n) is 5.01. The molecule has 1 aliphatic heterocycles. The van der Waals surface area contributed by atoms with Crippen LogP contribution < -0.4 is 5.73 Å². The van der Waals surface area contributed by atoms with Gasteiger partial charge in [-0.25, -0.2) is 0 Å². The second-order valence-electron chi connectivity index (χ2n) is 4.00. The second-order valence-corrected chi connectivity index (χ2v) is 6.59. The zero-order valence-corrected chi connectivity index (χ0v) is 11.7. The molecule has 2 nitrogen and oxygen atoms in total. The largest absolute Gasteiger partial charge is 0.326 e. The highest BCUT2D eigenvalue weighted by Crippen LogP contribution is 2.33. The molecule has 0 spiro atoms. The van der Waals surface area contributed by atoms with E-state index in [0.29, 0.717) is 12.1 Å². The molecule has 1 aromatic heterocycles. The molecule has 0 aliphatic carbocycles. The molecule has 2 atom stereocenters. The second kappa shape index (κ2) is 4.72. The van der Waals surface area contributed by atoms with E-state index in [-0.39, 0.29) is 0 Å². The predicted molar refractivity (Wildman–Crippen MR) is 69.5 cm³/mol. The van der Waals surface area contributed by atoms with Crippen LogP contribution in [-0.2, 0) is 6.54 Å². The molecule has 1 aromatic rings. The molecule has 0 bridgehead atoms. The minimum Gasteiger partial charge on any atom is -0.326 e. The lowest BCUT2D eigenvalue weighted by molar-refractivity contribution is 0.254. The smallest absolute Gasteiger partial charge is 0.107 e. The van der Waals surface area contributed by atoms with Crippen LogP contribution in [0.4, 0.5) is 0 Å². The summed E-state index contributed by atoms with van der Waals surface area (Å²) in [5.74, 6) is 0. The maximum atomic E-state index is 6.01. The van der Waals surface area contributed by atoms with E-state index in [1.54, 1.807) is 11.3 Å². The summed E-state index contributed by atoms with van der Waals surface area (Å²) in [5, 5.41) is 0. The van der Waals surface area contributed by atoms with Crippen LogP contribution in [0.25, 0.3) is 0 Å². The molecule has 2 heterocycles. The third-order valence-corrected chi connectivity index (χ3v) is 5.46. The first-order valence-corrected chi connectivity index (χ1v) is 7.00. The van der Waals surface area contributed by atoms with Crippen molar-refractivity contribution < 1.29 is 0 Å². The van der Waals surface area contributed by atoms with E-state index in [1.165, 1.54) is 4.88 Å². The van der Waals surface area contributed by atoms with Crippen LogP contribution >= 0.6 is 38.9 Å². The van der Waals surface area contributed by atoms with Crippen molar-refractivity contribution in [2.75, 3.05) is 6.54 Å². The highest BCUT2D eigenvalue weighted by molar-refractivity contribution is 9.10. The van der Waals surface area contributed by atoms with E-state index in [1.807, 2.05) is 0 Å². The number of nitrogens with two attached hydrogens (primary N) is 1. The minimum absolute atomic E-state index is 0.323. The van der Waals surface area contributed by atoms with Gasteiger partial charge >= 0.3 is 0 Å². The molecular formula is C10H14BrClN2S. The van der Waals surface area contributed by atoms with E-state index < -0.39 is 0 Å². The molecule has 0 aromatic carbocycles. The molecule has 84 valence electrons. The van der Waals surface area contributed by atoms with Crippen LogP contribution in [0, 0.1) is 0 Å². The van der Waals surface area contributed by atoms with E-state index >= 15 is 0 Å². The Labute approximate surface area is 108 Å². The Morgan fingerprint density at radius 1 is 1.73 bits per heavy atom. The number of nitrogens with zero attached hydrogens (tertiary/aromatic N) is 1. The van der Waals surface area contributed by atoms with Gasteiger partial charge in [-0.1, -0.05) is 11.6 Å². The molecule has 2 N–H and O–H groups in total. The van der Waals surface area contributed by atoms with Gasteiger partial charge < -0.3 is 5.73 Å². The molecule has 1 aliphatic rings. The lowest BCUT2D eigenvalue weighted by Gasteiger charge is -2.21. The SMILES string of the molecule is CC1C(N)CCN1Cc1cc(Br)c(Cl)s1. The van der Waals surface area contributed by atoms with Crippen LogP contribution in [0.1, 0.15) is 18.2 Å². The van der Waals surface area contributed by atoms with Crippen molar-refractivity contribution in [2.24, 2.45) is 5.73 Å². The van der Waals surface area contributed by atoms with Gasteiger partial charge in [-0.05, 0) is 35.3 Å². The van der Waals surface area contributed by atoms with Gasteiger partial charge in [0.2, 0.25) is 0 Å². The van der Waals surface area contributed by atoms with Crippen molar-refractivity contribution in [2.45, 2.75) is 32.0 Å². The third kappa shape index (κ3) is 2.56. The topological polar surface area (TPSA) is 29.3 Å². The number of hydrogen-bond donors (Lipinski definition) is 1. The van der Waals surface area contributed by atoms with Gasteiger partial charge in [0.25, 0.3) is 0 Å². The summed E-state index contributed by atoms with van der Waals surface area (Å²) in [7, 11) is 0. The fourth-order valence-corrected chi connectivity index (χ4v) is 3.74. The fraction of sp³-hybridized carbons (Fsp3) is 0.600. The maximum absolute atomic E-state index is 6.01. The van der Waals surface area contributed by atoms with Crippen LogP contribution in [0.3, 0.4) is 0 Å². The predicted octanol–water partition coefficient (Wildman–Crippen LogP) is 3.09. The summed E-state index contributed by atoms with van der Waals surface area (Å²) in [6.45, 7) is 4.25. The highest BCUT2D eigenvalue weighted by atomic mass is 79.9. The van der Waals surface area contributed by atoms with Gasteiger partial charge in [0, 0.05) is 34.5 Å². The van der Waals surface area contributed by atoms with Crippen LogP contribution in [-0.4, -0.2) is 23.5 Å². The van der Waals surface area contributed by atoms with Crippen molar-refractivity contribution in [1.82, 2.24) is 4.90 Å². The van der Waals surface area contributed by atoms with Crippen molar-refractivity contribution in [3.8, 4) is 0 Å². The standard InChI is InChI=1S/C10H14BrClN2S/c1-6-9(13)2-3-14(6)5-7-4-8(11)10(12)15-7/h4,6,9H,2-3,5,13H2,1H3. The Kier molecular flexibility index (Phi) is 3.73. The zero-order chi connectivity index (χ0) is 11.0. The quantitative estimate of drug-likeness (QED) is 0.909. The summed E-state index contributed by atoms with van der Waals surface area (Å²) in [6.07, 6.45) is 1.10. The summed E-state index contributed by atoms with van der Waals surface area (Å²) in [4.78, 5) is 3.71. The fourth-order valence-electron chi connectivity index (χ4n) is 1.92. The van der Waals surface area contributed by atoms with E-state index in [9.17, 15) is 0 Å². The normalized spacial score (nSPS) is 27.5. The van der Waals surface area contributed by atoms with Gasteiger partial charge in [-0.2, -0.15) is 0 Å². The summed E-state index contributed by atoms with van der Waals surface area (Å²) in [5.41, 5.74) is 5.98. The Morgan fingerprint density at radius 3 is 2.93 bits per heavy atom. The lowest BCUT2D eigenvalue weighted by atomic mass is 10.2. The first-order chi connectivity index (χ1) is 7.08. The Balaban J connectivity index is 2.03. The molecule has 0 amide bonds. The Hall–Kier alpha value is 0.390. The van der Waals surface area contributed by atoms with Gasteiger partial charge in [0.05, 0.1) is 0 Å². The van der Waals surface area contributed by atoms with E-state index in [2.05, 4.69) is 33.8 Å². The summed E-state index contributed by atoms with van der Waals surface area (Å²) >= 11 is 11.1. The van der Waals surface area contributed by atoms with E-state index in [4.69, 9.17) is 17.3 Å². The van der Waals surface area contributed by atoms with Crippen molar-refractivity contribution in [3.63, 3.8) is 0 Å². The van der Waals surface area contributed by atoms with Gasteiger partial charge in [-0.3, -0.25) is 4.90 Å². The molecule has 5 heteroatoms. The molecule has 1 fully saturated rings. The average Bonchev–Trinajstić information content (AvgIpc) is 2.65. The number of rotatable bonds is 2. The molecule has 15 heavy (non-hydrogen) atoms.